The van der Waals surface area contributed by atoms with Crippen LogP contribution >= 0.6 is 34.8 Å². The molecule has 0 heterocycles. The fourth-order valence-electron chi connectivity index (χ4n) is 1.69. The van der Waals surface area contributed by atoms with Gasteiger partial charge in [-0.15, -0.1) is 0 Å². The van der Waals surface area contributed by atoms with Gasteiger partial charge in [0.05, 0.1) is 22.2 Å². The number of carbonyl (C=O) groups excluding carboxylic acids is 1. The lowest BCUT2D eigenvalue weighted by atomic mass is 9.78. The molecule has 5 heteroatoms. The van der Waals surface area contributed by atoms with Crippen molar-refractivity contribution in [3.8, 4) is 0 Å². The van der Waals surface area contributed by atoms with Gasteiger partial charge in [-0.25, -0.2) is 4.79 Å². The largest absolute Gasteiger partial charge is 0.461 e. The number of benzene rings is 1. The van der Waals surface area contributed by atoms with Crippen LogP contribution in [0.3, 0.4) is 0 Å². The van der Waals surface area contributed by atoms with E-state index in [9.17, 15) is 4.79 Å². The summed E-state index contributed by atoms with van der Waals surface area (Å²) in [6.45, 7) is 8.73. The van der Waals surface area contributed by atoms with Gasteiger partial charge >= 0.3 is 5.97 Å². The number of hydrogen-bond acceptors (Lipinski definition) is 2. The van der Waals surface area contributed by atoms with Crippen LogP contribution in [0.15, 0.2) is 12.1 Å². The molecule has 1 aromatic carbocycles. The van der Waals surface area contributed by atoms with E-state index in [2.05, 4.69) is 27.7 Å². The molecule has 0 N–H and O–H groups in total. The van der Waals surface area contributed by atoms with Crippen molar-refractivity contribution in [2.75, 3.05) is 6.61 Å². The quantitative estimate of drug-likeness (QED) is 0.495. The van der Waals surface area contributed by atoms with E-state index in [1.54, 1.807) is 0 Å². The molecule has 0 bridgehead atoms. The van der Waals surface area contributed by atoms with E-state index in [-0.39, 0.29) is 21.0 Å². The maximum absolute atomic E-state index is 12.1. The van der Waals surface area contributed by atoms with Crippen LogP contribution in [0.2, 0.25) is 15.1 Å². The molecule has 0 saturated heterocycles. The average molecular weight is 338 g/mol. The Morgan fingerprint density at radius 3 is 2.40 bits per heavy atom. The summed E-state index contributed by atoms with van der Waals surface area (Å²) in [5, 5.41) is 0.769. The molecule has 0 radical (unpaired) electrons. The van der Waals surface area contributed by atoms with E-state index < -0.39 is 5.97 Å². The minimum Gasteiger partial charge on any atom is -0.461 e. The summed E-state index contributed by atoms with van der Waals surface area (Å²) in [4.78, 5) is 12.1. The summed E-state index contributed by atoms with van der Waals surface area (Å²) in [5.41, 5.74) is 0.135. The van der Waals surface area contributed by atoms with E-state index in [4.69, 9.17) is 39.5 Å². The third kappa shape index (κ3) is 4.03. The Bertz CT molecular complexity index is 500. The molecular formula is C15H19Cl3O2. The minimum absolute atomic E-state index is 0.0650. The number of esters is 1. The summed E-state index contributed by atoms with van der Waals surface area (Å²) in [6, 6.07) is 2.96. The Balaban J connectivity index is 2.88. The minimum atomic E-state index is -0.500. The molecule has 1 unspecified atom stereocenters. The van der Waals surface area contributed by atoms with Gasteiger partial charge in [0, 0.05) is 10.4 Å². The first-order valence-electron chi connectivity index (χ1n) is 6.53. The third-order valence-electron chi connectivity index (χ3n) is 3.95. The van der Waals surface area contributed by atoms with Gasteiger partial charge in [-0.2, -0.15) is 0 Å². The van der Waals surface area contributed by atoms with Crippen LogP contribution in [0, 0.1) is 11.3 Å². The second kappa shape index (κ2) is 7.02. The maximum atomic E-state index is 12.1. The molecule has 2 nitrogen and oxygen atoms in total. The summed E-state index contributed by atoms with van der Waals surface area (Å²) < 4.78 is 5.40. The highest BCUT2D eigenvalue weighted by Gasteiger charge is 2.28. The van der Waals surface area contributed by atoms with Gasteiger partial charge in [0.2, 0.25) is 0 Å². The highest BCUT2D eigenvalue weighted by Crippen LogP contribution is 2.33. The standard InChI is InChI=1S/C15H19Cl3O2/c1-5-15(4,9(2)3)8-20-14(19)11-6-10(16)7-12(17)13(11)18/h6-7,9H,5,8H2,1-4H3. The van der Waals surface area contributed by atoms with E-state index in [1.807, 2.05) is 0 Å². The van der Waals surface area contributed by atoms with E-state index >= 15 is 0 Å². The number of rotatable bonds is 5. The first kappa shape index (κ1) is 17.6. The molecule has 0 aromatic heterocycles. The highest BCUT2D eigenvalue weighted by atomic mass is 35.5. The summed E-state index contributed by atoms with van der Waals surface area (Å²) in [6.07, 6.45) is 0.919. The zero-order chi connectivity index (χ0) is 15.5. The molecule has 0 saturated carbocycles. The second-order valence-electron chi connectivity index (χ2n) is 5.49. The Morgan fingerprint density at radius 2 is 1.90 bits per heavy atom. The first-order valence-corrected chi connectivity index (χ1v) is 7.66. The Kier molecular flexibility index (Phi) is 6.18. The van der Waals surface area contributed by atoms with Crippen LogP contribution in [0.4, 0.5) is 0 Å². The third-order valence-corrected chi connectivity index (χ3v) is 4.97. The molecule has 0 spiro atoms. The molecule has 0 amide bonds. The van der Waals surface area contributed by atoms with Crippen LogP contribution < -0.4 is 0 Å². The van der Waals surface area contributed by atoms with Crippen molar-refractivity contribution in [1.82, 2.24) is 0 Å². The molecule has 1 rings (SSSR count). The number of carbonyl (C=O) groups is 1. The fraction of sp³-hybridized carbons (Fsp3) is 0.533. The van der Waals surface area contributed by atoms with Gasteiger partial charge in [-0.3, -0.25) is 0 Å². The molecular weight excluding hydrogens is 319 g/mol. The van der Waals surface area contributed by atoms with E-state index in [1.165, 1.54) is 12.1 Å². The molecule has 0 aliphatic rings. The molecule has 20 heavy (non-hydrogen) atoms. The normalized spacial score (nSPS) is 14.2. The van der Waals surface area contributed by atoms with Gasteiger partial charge in [0.1, 0.15) is 0 Å². The predicted molar refractivity (Wildman–Crippen MR) is 85.0 cm³/mol. The highest BCUT2D eigenvalue weighted by molar-refractivity contribution is 6.45. The van der Waals surface area contributed by atoms with Crippen molar-refractivity contribution in [2.24, 2.45) is 11.3 Å². The van der Waals surface area contributed by atoms with Crippen LogP contribution in [0.5, 0.6) is 0 Å². The van der Waals surface area contributed by atoms with Crippen LogP contribution in [0.25, 0.3) is 0 Å². The summed E-state index contributed by atoms with van der Waals surface area (Å²) in [7, 11) is 0. The Morgan fingerprint density at radius 1 is 1.30 bits per heavy atom. The molecule has 0 fully saturated rings. The van der Waals surface area contributed by atoms with Crippen LogP contribution in [0.1, 0.15) is 44.5 Å². The van der Waals surface area contributed by atoms with Gasteiger partial charge in [0.25, 0.3) is 0 Å². The zero-order valence-corrected chi connectivity index (χ0v) is 14.4. The van der Waals surface area contributed by atoms with Crippen molar-refractivity contribution in [1.29, 1.82) is 0 Å². The van der Waals surface area contributed by atoms with Gasteiger partial charge in [0.15, 0.2) is 0 Å². The summed E-state index contributed by atoms with van der Waals surface area (Å²) in [5.74, 6) is -0.0987. The average Bonchev–Trinajstić information content (AvgIpc) is 2.39. The molecule has 1 aromatic rings. The Hall–Kier alpha value is -0.440. The maximum Gasteiger partial charge on any atom is 0.339 e. The number of hydrogen-bond donors (Lipinski definition) is 0. The fourth-order valence-corrected chi connectivity index (χ4v) is 2.37. The SMILES string of the molecule is CCC(C)(COC(=O)c1cc(Cl)cc(Cl)c1Cl)C(C)C. The second-order valence-corrected chi connectivity index (χ2v) is 6.71. The lowest BCUT2D eigenvalue weighted by molar-refractivity contribution is 0.0195. The van der Waals surface area contributed by atoms with Gasteiger partial charge in [-0.1, -0.05) is 62.5 Å². The van der Waals surface area contributed by atoms with Gasteiger partial charge < -0.3 is 4.74 Å². The lowest BCUT2D eigenvalue weighted by Crippen LogP contribution is -2.30. The molecule has 1 atom stereocenters. The van der Waals surface area contributed by atoms with E-state index in [0.717, 1.165) is 6.42 Å². The van der Waals surface area contributed by atoms with E-state index in [0.29, 0.717) is 17.5 Å². The van der Waals surface area contributed by atoms with Crippen molar-refractivity contribution >= 4 is 40.8 Å². The number of ether oxygens (including phenoxy) is 1. The lowest BCUT2D eigenvalue weighted by Gasteiger charge is -2.31. The van der Waals surface area contributed by atoms with Crippen molar-refractivity contribution in [2.45, 2.75) is 34.1 Å². The van der Waals surface area contributed by atoms with Gasteiger partial charge in [-0.05, 0) is 24.5 Å². The Labute approximate surface area is 135 Å². The van der Waals surface area contributed by atoms with Crippen LogP contribution in [-0.2, 0) is 4.74 Å². The summed E-state index contributed by atoms with van der Waals surface area (Å²) >= 11 is 17.8. The predicted octanol–water partition coefficient (Wildman–Crippen LogP) is 5.88. The van der Waals surface area contributed by atoms with Crippen LogP contribution in [-0.4, -0.2) is 12.6 Å². The molecule has 0 aliphatic heterocycles. The molecule has 112 valence electrons. The zero-order valence-electron chi connectivity index (χ0n) is 12.1. The first-order chi connectivity index (χ1) is 9.21. The topological polar surface area (TPSA) is 26.3 Å². The van der Waals surface area contributed by atoms with Crippen molar-refractivity contribution in [3.05, 3.63) is 32.8 Å². The van der Waals surface area contributed by atoms with Crippen molar-refractivity contribution in [3.63, 3.8) is 0 Å². The number of halogens is 3. The monoisotopic (exact) mass is 336 g/mol. The van der Waals surface area contributed by atoms with Crippen molar-refractivity contribution < 1.29 is 9.53 Å². The molecule has 0 aliphatic carbocycles. The smallest absolute Gasteiger partial charge is 0.339 e.